The summed E-state index contributed by atoms with van der Waals surface area (Å²) in [6.07, 6.45) is 4.25. The van der Waals surface area contributed by atoms with E-state index in [2.05, 4.69) is 71.4 Å². The Morgan fingerprint density at radius 1 is 1.27 bits per heavy atom. The van der Waals surface area contributed by atoms with Gasteiger partial charge in [0.25, 0.3) is 0 Å². The predicted octanol–water partition coefficient (Wildman–Crippen LogP) is 4.83. The van der Waals surface area contributed by atoms with Gasteiger partial charge >= 0.3 is 0 Å². The van der Waals surface area contributed by atoms with Crippen LogP contribution in [0.3, 0.4) is 0 Å². The minimum Gasteiger partial charge on any atom is -0.359 e. The van der Waals surface area contributed by atoms with Crippen molar-refractivity contribution in [3.05, 3.63) is 59.1 Å². The zero-order valence-corrected chi connectivity index (χ0v) is 15.7. The molecular formula is C21H26N4O. The molecule has 1 N–H and O–H groups in total. The van der Waals surface area contributed by atoms with Gasteiger partial charge in [-0.15, -0.1) is 0 Å². The number of nitrogens with one attached hydrogen (secondary N) is 1. The van der Waals surface area contributed by atoms with E-state index in [0.29, 0.717) is 12.0 Å². The standard InChI is InChI=1S/C21H26N4O/c1-14(2)18-11-20(26-24-18)19-5-4-10-25(19)13-17-12-22-23-21(17)16-8-6-15(3)7-9-16/h6-9,11-12,14,19H,4-5,10,13H2,1-3H3,(H,22,23)/t19-/m1/s1. The second-order valence-corrected chi connectivity index (χ2v) is 7.57. The zero-order chi connectivity index (χ0) is 18.1. The summed E-state index contributed by atoms with van der Waals surface area (Å²) >= 11 is 0. The maximum atomic E-state index is 5.67. The fourth-order valence-electron chi connectivity index (χ4n) is 3.69. The van der Waals surface area contributed by atoms with Crippen molar-refractivity contribution in [2.75, 3.05) is 6.54 Å². The largest absolute Gasteiger partial charge is 0.359 e. The Hall–Kier alpha value is -2.40. The van der Waals surface area contributed by atoms with E-state index < -0.39 is 0 Å². The summed E-state index contributed by atoms with van der Waals surface area (Å²) in [5.41, 5.74) is 5.82. The van der Waals surface area contributed by atoms with Crippen molar-refractivity contribution < 1.29 is 4.52 Å². The molecule has 1 aromatic carbocycles. The van der Waals surface area contributed by atoms with Crippen LogP contribution >= 0.6 is 0 Å². The van der Waals surface area contributed by atoms with Crippen LogP contribution in [0, 0.1) is 6.92 Å². The summed E-state index contributed by atoms with van der Waals surface area (Å²) in [4.78, 5) is 2.48. The third-order valence-corrected chi connectivity index (χ3v) is 5.26. The molecule has 0 bridgehead atoms. The second-order valence-electron chi connectivity index (χ2n) is 7.57. The molecule has 5 nitrogen and oxygen atoms in total. The maximum absolute atomic E-state index is 5.67. The van der Waals surface area contributed by atoms with Gasteiger partial charge in [-0.3, -0.25) is 10.00 Å². The smallest absolute Gasteiger partial charge is 0.154 e. The first-order valence-corrected chi connectivity index (χ1v) is 9.41. The number of aryl methyl sites for hydroxylation is 1. The van der Waals surface area contributed by atoms with E-state index in [-0.39, 0.29) is 0 Å². The number of hydrogen-bond acceptors (Lipinski definition) is 4. The third-order valence-electron chi connectivity index (χ3n) is 5.26. The SMILES string of the molecule is Cc1ccc(-c2[nH]ncc2CN2CCC[C@@H]2c2cc(C(C)C)no2)cc1. The molecule has 26 heavy (non-hydrogen) atoms. The van der Waals surface area contributed by atoms with Crippen LogP contribution in [0.2, 0.25) is 0 Å². The summed E-state index contributed by atoms with van der Waals surface area (Å²) in [5.74, 6) is 1.39. The number of nitrogens with zero attached hydrogens (tertiary/aromatic N) is 3. The number of hydrogen-bond donors (Lipinski definition) is 1. The molecule has 0 unspecified atom stereocenters. The van der Waals surface area contributed by atoms with Crippen molar-refractivity contribution in [1.29, 1.82) is 0 Å². The van der Waals surface area contributed by atoms with Gasteiger partial charge in [-0.2, -0.15) is 5.10 Å². The Balaban J connectivity index is 1.55. The summed E-state index contributed by atoms with van der Waals surface area (Å²) in [6.45, 7) is 8.33. The van der Waals surface area contributed by atoms with Gasteiger partial charge in [0.05, 0.1) is 23.6 Å². The summed E-state index contributed by atoms with van der Waals surface area (Å²) in [7, 11) is 0. The molecule has 3 heterocycles. The molecule has 1 aliphatic rings. The van der Waals surface area contributed by atoms with Gasteiger partial charge in [0.15, 0.2) is 5.76 Å². The van der Waals surface area contributed by atoms with Crippen LogP contribution in [0.4, 0.5) is 0 Å². The van der Waals surface area contributed by atoms with E-state index in [0.717, 1.165) is 36.7 Å². The van der Waals surface area contributed by atoms with Crippen LogP contribution < -0.4 is 0 Å². The molecular weight excluding hydrogens is 324 g/mol. The van der Waals surface area contributed by atoms with E-state index in [1.54, 1.807) is 0 Å². The van der Waals surface area contributed by atoms with Crippen LogP contribution in [0.25, 0.3) is 11.3 Å². The van der Waals surface area contributed by atoms with E-state index >= 15 is 0 Å². The fourth-order valence-corrected chi connectivity index (χ4v) is 3.69. The van der Waals surface area contributed by atoms with Gasteiger partial charge in [-0.25, -0.2) is 0 Å². The van der Waals surface area contributed by atoms with Gasteiger partial charge in [0.2, 0.25) is 0 Å². The van der Waals surface area contributed by atoms with Crippen molar-refractivity contribution in [3.63, 3.8) is 0 Å². The average molecular weight is 350 g/mol. The molecule has 2 aromatic heterocycles. The lowest BCUT2D eigenvalue weighted by molar-refractivity contribution is 0.206. The summed E-state index contributed by atoms with van der Waals surface area (Å²) < 4.78 is 5.67. The minimum atomic E-state index is 0.302. The third kappa shape index (κ3) is 3.31. The number of H-pyrrole nitrogens is 1. The molecule has 0 saturated carbocycles. The van der Waals surface area contributed by atoms with Crippen molar-refractivity contribution in [3.8, 4) is 11.3 Å². The van der Waals surface area contributed by atoms with E-state index in [9.17, 15) is 0 Å². The quantitative estimate of drug-likeness (QED) is 0.716. The van der Waals surface area contributed by atoms with Gasteiger partial charge in [0, 0.05) is 18.2 Å². The molecule has 1 atom stereocenters. The van der Waals surface area contributed by atoms with E-state index in [1.807, 2.05) is 6.20 Å². The average Bonchev–Trinajstić information content (AvgIpc) is 3.35. The van der Waals surface area contributed by atoms with E-state index in [1.165, 1.54) is 23.1 Å². The highest BCUT2D eigenvalue weighted by Crippen LogP contribution is 2.35. The van der Waals surface area contributed by atoms with E-state index in [4.69, 9.17) is 4.52 Å². The molecule has 0 radical (unpaired) electrons. The van der Waals surface area contributed by atoms with Crippen molar-refractivity contribution in [2.45, 2.75) is 52.1 Å². The summed E-state index contributed by atoms with van der Waals surface area (Å²) in [5, 5.41) is 11.7. The molecule has 136 valence electrons. The fraction of sp³-hybridized carbons (Fsp3) is 0.429. The molecule has 1 aliphatic heterocycles. The minimum absolute atomic E-state index is 0.302. The maximum Gasteiger partial charge on any atom is 0.154 e. The predicted molar refractivity (Wildman–Crippen MR) is 102 cm³/mol. The van der Waals surface area contributed by atoms with Crippen LogP contribution in [0.1, 0.15) is 61.2 Å². The Labute approximate surface area is 154 Å². The van der Waals surface area contributed by atoms with Gasteiger partial charge in [-0.1, -0.05) is 48.8 Å². The number of benzene rings is 1. The normalized spacial score (nSPS) is 18.1. The first kappa shape index (κ1) is 17.0. The molecule has 1 fully saturated rings. The molecule has 1 saturated heterocycles. The molecule has 0 amide bonds. The lowest BCUT2D eigenvalue weighted by Crippen LogP contribution is -2.22. The lowest BCUT2D eigenvalue weighted by atomic mass is 10.1. The highest BCUT2D eigenvalue weighted by molar-refractivity contribution is 5.62. The first-order chi connectivity index (χ1) is 12.6. The molecule has 3 aromatic rings. The zero-order valence-electron chi connectivity index (χ0n) is 15.7. The lowest BCUT2D eigenvalue weighted by Gasteiger charge is -2.22. The molecule has 0 spiro atoms. The van der Waals surface area contributed by atoms with Crippen LogP contribution in [0.15, 0.2) is 41.1 Å². The highest BCUT2D eigenvalue weighted by atomic mass is 16.5. The summed E-state index contributed by atoms with van der Waals surface area (Å²) in [6, 6.07) is 11.0. The number of rotatable bonds is 5. The number of aromatic amines is 1. The number of likely N-dealkylation sites (tertiary alicyclic amines) is 1. The van der Waals surface area contributed by atoms with Crippen molar-refractivity contribution in [1.82, 2.24) is 20.3 Å². The molecule has 4 rings (SSSR count). The Morgan fingerprint density at radius 3 is 2.81 bits per heavy atom. The van der Waals surface area contributed by atoms with Gasteiger partial charge < -0.3 is 4.52 Å². The van der Waals surface area contributed by atoms with Crippen molar-refractivity contribution in [2.24, 2.45) is 0 Å². The topological polar surface area (TPSA) is 58.0 Å². The monoisotopic (exact) mass is 350 g/mol. The second kappa shape index (κ2) is 7.08. The molecule has 0 aliphatic carbocycles. The van der Waals surface area contributed by atoms with Gasteiger partial charge in [-0.05, 0) is 37.8 Å². The van der Waals surface area contributed by atoms with Crippen LogP contribution in [-0.4, -0.2) is 26.8 Å². The van der Waals surface area contributed by atoms with Crippen LogP contribution in [0.5, 0.6) is 0 Å². The Bertz CT molecular complexity index is 862. The van der Waals surface area contributed by atoms with Crippen LogP contribution in [-0.2, 0) is 6.54 Å². The first-order valence-electron chi connectivity index (χ1n) is 9.41. The van der Waals surface area contributed by atoms with Crippen molar-refractivity contribution >= 4 is 0 Å². The molecule has 5 heteroatoms. The number of aromatic nitrogens is 3. The Morgan fingerprint density at radius 2 is 2.08 bits per heavy atom. The van der Waals surface area contributed by atoms with Gasteiger partial charge in [0.1, 0.15) is 0 Å². The highest BCUT2D eigenvalue weighted by Gasteiger charge is 2.30. The Kier molecular flexibility index (Phi) is 4.64.